The van der Waals surface area contributed by atoms with Crippen LogP contribution in [-0.4, -0.2) is 48.5 Å². The molecule has 3 N–H and O–H groups in total. The second-order valence-corrected chi connectivity index (χ2v) is 5.06. The van der Waals surface area contributed by atoms with Gasteiger partial charge in [0, 0.05) is 12.8 Å². The Morgan fingerprint density at radius 1 is 1.55 bits per heavy atom. The smallest absolute Gasteiger partial charge is 0.278 e. The largest absolute Gasteiger partial charge is 0.394 e. The first-order chi connectivity index (χ1) is 9.58. The third-order valence-electron chi connectivity index (χ3n) is 3.28. The summed E-state index contributed by atoms with van der Waals surface area (Å²) < 4.78 is 7.15. The topological polar surface area (TPSA) is 113 Å². The quantitative estimate of drug-likeness (QED) is 0.662. The van der Waals surface area contributed by atoms with Crippen molar-refractivity contribution in [1.29, 1.82) is 0 Å². The lowest BCUT2D eigenvalue weighted by atomic mass is 10.0. The lowest BCUT2D eigenvalue weighted by Gasteiger charge is -2.32. The van der Waals surface area contributed by atoms with Crippen LogP contribution in [0.4, 0.5) is 0 Å². The van der Waals surface area contributed by atoms with Crippen molar-refractivity contribution in [2.45, 2.75) is 31.3 Å². The lowest BCUT2D eigenvalue weighted by molar-refractivity contribution is -0.140. The zero-order valence-electron chi connectivity index (χ0n) is 10.4. The molecule has 0 aromatic carbocycles. The fourth-order valence-corrected chi connectivity index (χ4v) is 2.57. The molecule has 20 heavy (non-hydrogen) atoms. The van der Waals surface area contributed by atoms with Gasteiger partial charge in [-0.2, -0.15) is 4.98 Å². The Labute approximate surface area is 118 Å². The highest BCUT2D eigenvalue weighted by Gasteiger charge is 2.30. The molecule has 2 aromatic rings. The standard InChI is InChI=1S/C11H13ClN4O4/c12-11-14-9-8(10(19)15-11)16(4-13-9)7-2-5(18)1-6(3-17)20-7/h4-7,17-18H,1-3H2,(H,14,15,19). The van der Waals surface area contributed by atoms with Gasteiger partial charge in [-0.25, -0.2) is 4.98 Å². The van der Waals surface area contributed by atoms with Gasteiger partial charge in [0.05, 0.1) is 25.1 Å². The first-order valence-electron chi connectivity index (χ1n) is 6.15. The number of ether oxygens (including phenoxy) is 1. The van der Waals surface area contributed by atoms with Crippen LogP contribution in [0, 0.1) is 0 Å². The van der Waals surface area contributed by atoms with Gasteiger partial charge in [-0.15, -0.1) is 0 Å². The molecule has 8 nitrogen and oxygen atoms in total. The molecular weight excluding hydrogens is 288 g/mol. The van der Waals surface area contributed by atoms with Gasteiger partial charge in [-0.3, -0.25) is 14.3 Å². The van der Waals surface area contributed by atoms with Crippen LogP contribution in [0.1, 0.15) is 19.1 Å². The van der Waals surface area contributed by atoms with Crippen LogP contribution in [0.3, 0.4) is 0 Å². The Morgan fingerprint density at radius 2 is 2.35 bits per heavy atom. The molecule has 0 aliphatic carbocycles. The van der Waals surface area contributed by atoms with Crippen LogP contribution >= 0.6 is 11.6 Å². The van der Waals surface area contributed by atoms with Crippen molar-refractivity contribution in [3.05, 3.63) is 22.0 Å². The summed E-state index contributed by atoms with van der Waals surface area (Å²) in [7, 11) is 0. The van der Waals surface area contributed by atoms with E-state index >= 15 is 0 Å². The molecule has 1 aliphatic rings. The molecule has 0 radical (unpaired) electrons. The average molecular weight is 301 g/mol. The highest BCUT2D eigenvalue weighted by atomic mass is 35.5. The van der Waals surface area contributed by atoms with Gasteiger partial charge in [0.25, 0.3) is 5.56 Å². The number of aromatic amines is 1. The van der Waals surface area contributed by atoms with Crippen molar-refractivity contribution >= 4 is 22.8 Å². The second-order valence-electron chi connectivity index (χ2n) is 4.70. The summed E-state index contributed by atoms with van der Waals surface area (Å²) in [4.78, 5) is 22.3. The number of aliphatic hydroxyl groups is 2. The maximum Gasteiger partial charge on any atom is 0.278 e. The summed E-state index contributed by atoms with van der Waals surface area (Å²) in [5.41, 5.74) is 0.00913. The molecule has 3 atom stereocenters. The van der Waals surface area contributed by atoms with Gasteiger partial charge in [-0.05, 0) is 11.6 Å². The van der Waals surface area contributed by atoms with Crippen LogP contribution < -0.4 is 5.56 Å². The van der Waals surface area contributed by atoms with E-state index in [-0.39, 0.29) is 23.1 Å². The molecule has 1 aliphatic heterocycles. The van der Waals surface area contributed by atoms with Crippen LogP contribution in [-0.2, 0) is 4.74 Å². The van der Waals surface area contributed by atoms with E-state index in [9.17, 15) is 9.90 Å². The SMILES string of the molecule is O=c1[nH]c(Cl)nc2ncn(C3CC(O)CC(CO)O3)c12. The van der Waals surface area contributed by atoms with Crippen LogP contribution in [0.5, 0.6) is 0 Å². The Hall–Kier alpha value is -1.48. The summed E-state index contributed by atoms with van der Waals surface area (Å²) in [6.45, 7) is -0.194. The van der Waals surface area contributed by atoms with E-state index in [2.05, 4.69) is 15.0 Å². The number of nitrogens with zero attached hydrogens (tertiary/aromatic N) is 3. The molecule has 0 bridgehead atoms. The first kappa shape index (κ1) is 13.5. The van der Waals surface area contributed by atoms with Crippen LogP contribution in [0.25, 0.3) is 11.2 Å². The number of nitrogens with one attached hydrogen (secondary N) is 1. The van der Waals surface area contributed by atoms with Crippen LogP contribution in [0.15, 0.2) is 11.1 Å². The average Bonchev–Trinajstić information content (AvgIpc) is 2.81. The van der Waals surface area contributed by atoms with Crippen molar-refractivity contribution in [2.24, 2.45) is 0 Å². The third kappa shape index (κ3) is 2.31. The Bertz CT molecular complexity index is 685. The van der Waals surface area contributed by atoms with E-state index in [1.165, 1.54) is 10.9 Å². The van der Waals surface area contributed by atoms with Crippen molar-refractivity contribution in [1.82, 2.24) is 19.5 Å². The summed E-state index contributed by atoms with van der Waals surface area (Å²) >= 11 is 5.67. The monoisotopic (exact) mass is 300 g/mol. The van der Waals surface area contributed by atoms with E-state index in [1.54, 1.807) is 0 Å². The number of hydrogen-bond donors (Lipinski definition) is 3. The number of aromatic nitrogens is 4. The first-order valence-corrected chi connectivity index (χ1v) is 6.53. The summed E-state index contributed by atoms with van der Waals surface area (Å²) in [6.07, 6.45) is 0.429. The molecular formula is C11H13ClN4O4. The van der Waals surface area contributed by atoms with E-state index in [0.29, 0.717) is 12.8 Å². The second kappa shape index (κ2) is 5.13. The molecule has 2 aromatic heterocycles. The Balaban J connectivity index is 2.04. The van der Waals surface area contributed by atoms with Gasteiger partial charge >= 0.3 is 0 Å². The molecule has 9 heteroatoms. The predicted molar refractivity (Wildman–Crippen MR) is 69.4 cm³/mol. The normalized spacial score (nSPS) is 27.1. The molecule has 1 saturated heterocycles. The van der Waals surface area contributed by atoms with Crippen molar-refractivity contribution in [3.8, 4) is 0 Å². The predicted octanol–water partition coefficient (Wildman–Crippen LogP) is -0.196. The highest BCUT2D eigenvalue weighted by Crippen LogP contribution is 2.28. The molecule has 0 spiro atoms. The fourth-order valence-electron chi connectivity index (χ4n) is 2.41. The Morgan fingerprint density at radius 3 is 3.10 bits per heavy atom. The number of hydrogen-bond acceptors (Lipinski definition) is 6. The maximum atomic E-state index is 11.9. The number of imidazole rings is 1. The van der Waals surface area contributed by atoms with Gasteiger partial charge in [0.2, 0.25) is 5.28 Å². The number of halogens is 1. The van der Waals surface area contributed by atoms with Gasteiger partial charge in [0.1, 0.15) is 6.23 Å². The molecule has 3 unspecified atom stereocenters. The van der Waals surface area contributed by atoms with Crippen molar-refractivity contribution < 1.29 is 14.9 Å². The van der Waals surface area contributed by atoms with Gasteiger partial charge in [-0.1, -0.05) is 0 Å². The zero-order chi connectivity index (χ0) is 14.3. The summed E-state index contributed by atoms with van der Waals surface area (Å²) in [5, 5.41) is 19.0. The molecule has 0 saturated carbocycles. The van der Waals surface area contributed by atoms with Crippen LogP contribution in [0.2, 0.25) is 5.28 Å². The summed E-state index contributed by atoms with van der Waals surface area (Å²) in [5.74, 6) is 0. The number of H-pyrrole nitrogens is 1. The number of fused-ring (bicyclic) bond motifs is 1. The minimum absolute atomic E-state index is 0.0365. The number of rotatable bonds is 2. The minimum Gasteiger partial charge on any atom is -0.394 e. The molecule has 1 fully saturated rings. The minimum atomic E-state index is -0.609. The van der Waals surface area contributed by atoms with E-state index < -0.39 is 24.0 Å². The fraction of sp³-hybridized carbons (Fsp3) is 0.545. The number of aliphatic hydroxyl groups excluding tert-OH is 2. The summed E-state index contributed by atoms with van der Waals surface area (Å²) in [6, 6.07) is 0. The molecule has 3 rings (SSSR count). The van der Waals surface area contributed by atoms with E-state index in [1.807, 2.05) is 0 Å². The van der Waals surface area contributed by atoms with E-state index in [4.69, 9.17) is 21.4 Å². The zero-order valence-corrected chi connectivity index (χ0v) is 11.1. The van der Waals surface area contributed by atoms with Crippen molar-refractivity contribution in [2.75, 3.05) is 6.61 Å². The Kier molecular flexibility index (Phi) is 3.47. The van der Waals surface area contributed by atoms with Gasteiger partial charge in [0.15, 0.2) is 11.2 Å². The molecule has 0 amide bonds. The third-order valence-corrected chi connectivity index (χ3v) is 3.46. The molecule has 3 heterocycles. The lowest BCUT2D eigenvalue weighted by Crippen LogP contribution is -2.36. The molecule has 108 valence electrons. The van der Waals surface area contributed by atoms with E-state index in [0.717, 1.165) is 0 Å². The van der Waals surface area contributed by atoms with Crippen molar-refractivity contribution in [3.63, 3.8) is 0 Å². The van der Waals surface area contributed by atoms with Gasteiger partial charge < -0.3 is 14.9 Å². The highest BCUT2D eigenvalue weighted by molar-refractivity contribution is 6.28. The maximum absolute atomic E-state index is 11.9.